The Morgan fingerprint density at radius 2 is 1.77 bits per heavy atom. The summed E-state index contributed by atoms with van der Waals surface area (Å²) in [7, 11) is 0. The Morgan fingerprint density at radius 1 is 1.16 bits per heavy atom. The van der Waals surface area contributed by atoms with Gasteiger partial charge < -0.3 is 49.9 Å². The zero-order valence-corrected chi connectivity index (χ0v) is 18.3. The number of hydrogen-bond donors (Lipinski definition) is 5. The van der Waals surface area contributed by atoms with Crippen LogP contribution in [0.1, 0.15) is 34.6 Å². The number of ether oxygens (including phenoxy) is 3. The monoisotopic (exact) mass is 446 g/mol. The highest BCUT2D eigenvalue weighted by Gasteiger charge is 2.56. The number of aliphatic carboxylic acids is 1. The molecular weight excluding hydrogens is 414 g/mol. The molecule has 2 rings (SSSR count). The molecule has 11 heteroatoms. The van der Waals surface area contributed by atoms with Crippen LogP contribution in [0.25, 0.3) is 0 Å². The molecule has 0 aromatic carbocycles. The predicted octanol–water partition coefficient (Wildman–Crippen LogP) is -2.81. The van der Waals surface area contributed by atoms with Gasteiger partial charge in [0.15, 0.2) is 5.60 Å². The van der Waals surface area contributed by atoms with Gasteiger partial charge in [-0.1, -0.05) is 6.92 Å². The Bertz CT molecular complexity index is 725. The number of carbonyl (C=O) groups excluding carboxylic acids is 2. The second-order valence-electron chi connectivity index (χ2n) is 9.18. The molecule has 0 bridgehead atoms. The van der Waals surface area contributed by atoms with Crippen molar-refractivity contribution in [2.45, 2.75) is 76.3 Å². The third kappa shape index (κ3) is 5.02. The second kappa shape index (κ2) is 9.00. The van der Waals surface area contributed by atoms with E-state index in [9.17, 15) is 35.1 Å². The lowest BCUT2D eigenvalue weighted by Gasteiger charge is -2.54. The molecule has 1 fully saturated rings. The molecule has 31 heavy (non-hydrogen) atoms. The third-order valence-corrected chi connectivity index (χ3v) is 6.06. The van der Waals surface area contributed by atoms with E-state index >= 15 is 0 Å². The number of carboxylic acids is 1. The van der Waals surface area contributed by atoms with Crippen LogP contribution in [0.4, 0.5) is 0 Å². The van der Waals surface area contributed by atoms with Crippen LogP contribution in [0.15, 0.2) is 11.8 Å². The number of rotatable bonds is 7. The number of nitrogens with one attached hydrogen (secondary N) is 1. The molecule has 2 aliphatic heterocycles. The summed E-state index contributed by atoms with van der Waals surface area (Å²) >= 11 is 0. The highest BCUT2D eigenvalue weighted by atomic mass is 16.6. The first-order chi connectivity index (χ1) is 14.2. The zero-order chi connectivity index (χ0) is 23.8. The van der Waals surface area contributed by atoms with Gasteiger partial charge >= 0.3 is 0 Å². The molecule has 7 atom stereocenters. The zero-order valence-electron chi connectivity index (χ0n) is 18.3. The Kier molecular flexibility index (Phi) is 7.41. The van der Waals surface area contributed by atoms with Crippen LogP contribution in [0.5, 0.6) is 0 Å². The minimum Gasteiger partial charge on any atom is -0.542 e. The molecule has 0 spiro atoms. The molecule has 2 aliphatic rings. The number of hydrogen-bond acceptors (Lipinski definition) is 10. The summed E-state index contributed by atoms with van der Waals surface area (Å²) < 4.78 is 16.9. The second-order valence-corrected chi connectivity index (χ2v) is 9.18. The third-order valence-electron chi connectivity index (χ3n) is 6.06. The van der Waals surface area contributed by atoms with E-state index in [4.69, 9.17) is 14.2 Å². The molecule has 11 nitrogen and oxygen atoms in total. The Hall–Kier alpha value is -1.76. The largest absolute Gasteiger partial charge is 0.542 e. The highest BCUT2D eigenvalue weighted by molar-refractivity contribution is 5.82. The van der Waals surface area contributed by atoms with Crippen LogP contribution in [-0.4, -0.2) is 93.8 Å². The van der Waals surface area contributed by atoms with E-state index in [1.54, 1.807) is 20.8 Å². The van der Waals surface area contributed by atoms with Crippen molar-refractivity contribution in [1.29, 1.82) is 0 Å². The maximum absolute atomic E-state index is 11.6. The standard InChI is InChI=1S/C20H33NO10/c1-10(23)21-14-16(26)19(4,13(7-22)31-18(14,2)3)8-29-9-20(5)15(25)11(24)6-12(30-20)17(27)28/h6,11,13-16,22,24-26H,7-9H2,1-5H3,(H,21,23)(H,27,28)/p-1/t11-,13?,14?,15?,16+,19-,20-/m1/s1. The van der Waals surface area contributed by atoms with E-state index in [0.717, 1.165) is 6.08 Å². The van der Waals surface area contributed by atoms with Gasteiger partial charge in [0.05, 0.1) is 43.7 Å². The van der Waals surface area contributed by atoms with Crippen molar-refractivity contribution in [2.75, 3.05) is 19.8 Å². The molecule has 1 saturated heterocycles. The molecule has 0 aromatic rings. The van der Waals surface area contributed by atoms with Crippen molar-refractivity contribution in [2.24, 2.45) is 5.41 Å². The lowest BCUT2D eigenvalue weighted by atomic mass is 9.70. The van der Waals surface area contributed by atoms with Gasteiger partial charge in [0.25, 0.3) is 0 Å². The molecular formula is C20H32NO10-. The maximum Gasteiger partial charge on any atom is 0.217 e. The van der Waals surface area contributed by atoms with E-state index in [-0.39, 0.29) is 19.1 Å². The van der Waals surface area contributed by atoms with Crippen molar-refractivity contribution < 1.29 is 49.3 Å². The molecule has 0 radical (unpaired) electrons. The smallest absolute Gasteiger partial charge is 0.217 e. The summed E-state index contributed by atoms with van der Waals surface area (Å²) in [5.74, 6) is -2.65. The first-order valence-electron chi connectivity index (χ1n) is 9.98. The van der Waals surface area contributed by atoms with Gasteiger partial charge in [-0.3, -0.25) is 4.79 Å². The van der Waals surface area contributed by atoms with E-state index in [1.807, 2.05) is 0 Å². The molecule has 178 valence electrons. The van der Waals surface area contributed by atoms with Crippen molar-refractivity contribution in [3.05, 3.63) is 11.8 Å². The summed E-state index contributed by atoms with van der Waals surface area (Å²) in [5.41, 5.74) is -3.78. The SMILES string of the molecule is CC(=O)NC1[C@H](O)[C@](C)(COC[C@@]2(C)OC(C(=O)[O-])=C[C@@H](O)C2O)C(CO)OC1(C)C. The lowest BCUT2D eigenvalue weighted by Crippen LogP contribution is -2.70. The van der Waals surface area contributed by atoms with Gasteiger partial charge in [-0.05, 0) is 26.8 Å². The average Bonchev–Trinajstić information content (AvgIpc) is 2.66. The van der Waals surface area contributed by atoms with Crippen molar-refractivity contribution in [1.82, 2.24) is 5.32 Å². The molecule has 5 N–H and O–H groups in total. The molecule has 0 aromatic heterocycles. The van der Waals surface area contributed by atoms with Crippen molar-refractivity contribution in [3.8, 4) is 0 Å². The molecule has 2 heterocycles. The Labute approximate surface area is 180 Å². The Morgan fingerprint density at radius 3 is 2.29 bits per heavy atom. The lowest BCUT2D eigenvalue weighted by molar-refractivity contribution is -0.307. The number of aliphatic hydroxyl groups excluding tert-OH is 4. The van der Waals surface area contributed by atoms with Gasteiger partial charge in [-0.15, -0.1) is 0 Å². The summed E-state index contributed by atoms with van der Waals surface area (Å²) in [6.07, 6.45) is -4.19. The van der Waals surface area contributed by atoms with Crippen LogP contribution in [0, 0.1) is 5.41 Å². The highest BCUT2D eigenvalue weighted by Crippen LogP contribution is 2.42. The normalized spacial score (nSPS) is 39.9. The topological polar surface area (TPSA) is 178 Å². The fraction of sp³-hybridized carbons (Fsp3) is 0.800. The fourth-order valence-corrected chi connectivity index (χ4v) is 4.07. The van der Waals surface area contributed by atoms with Gasteiger partial charge in [-0.2, -0.15) is 0 Å². The van der Waals surface area contributed by atoms with Gasteiger partial charge in [0.1, 0.15) is 23.9 Å². The maximum atomic E-state index is 11.6. The minimum absolute atomic E-state index is 0.197. The summed E-state index contributed by atoms with van der Waals surface area (Å²) in [6, 6.07) is -0.803. The first-order valence-corrected chi connectivity index (χ1v) is 9.98. The Balaban J connectivity index is 2.19. The minimum atomic E-state index is -1.65. The predicted molar refractivity (Wildman–Crippen MR) is 103 cm³/mol. The van der Waals surface area contributed by atoms with Crippen LogP contribution in [-0.2, 0) is 23.8 Å². The van der Waals surface area contributed by atoms with E-state index in [2.05, 4.69) is 5.32 Å². The van der Waals surface area contributed by atoms with Crippen molar-refractivity contribution >= 4 is 11.9 Å². The number of carbonyl (C=O) groups is 2. The van der Waals surface area contributed by atoms with Crippen LogP contribution in [0.3, 0.4) is 0 Å². The molecule has 1 amide bonds. The van der Waals surface area contributed by atoms with Crippen LogP contribution in [0.2, 0.25) is 0 Å². The van der Waals surface area contributed by atoms with Gasteiger partial charge in [0, 0.05) is 12.3 Å². The number of aliphatic hydroxyl groups is 4. The summed E-state index contributed by atoms with van der Waals surface area (Å²) in [6.45, 7) is 6.67. The quantitative estimate of drug-likeness (QED) is 0.274. The number of carboxylic acid groups (broad SMARTS) is 1. The van der Waals surface area contributed by atoms with Crippen LogP contribution >= 0.6 is 0 Å². The van der Waals surface area contributed by atoms with Crippen LogP contribution < -0.4 is 10.4 Å². The summed E-state index contributed by atoms with van der Waals surface area (Å²) in [4.78, 5) is 22.8. The fourth-order valence-electron chi connectivity index (χ4n) is 4.07. The number of amides is 1. The summed E-state index contributed by atoms with van der Waals surface area (Å²) in [5, 5.41) is 55.0. The molecule has 0 aliphatic carbocycles. The first kappa shape index (κ1) is 25.5. The average molecular weight is 446 g/mol. The van der Waals surface area contributed by atoms with E-state index in [1.165, 1.54) is 13.8 Å². The van der Waals surface area contributed by atoms with Gasteiger partial charge in [-0.25, -0.2) is 0 Å². The molecule has 0 saturated carbocycles. The van der Waals surface area contributed by atoms with E-state index < -0.39 is 65.4 Å². The van der Waals surface area contributed by atoms with E-state index in [0.29, 0.717) is 0 Å². The van der Waals surface area contributed by atoms with Gasteiger partial charge in [0.2, 0.25) is 5.91 Å². The van der Waals surface area contributed by atoms with Crippen molar-refractivity contribution in [3.63, 3.8) is 0 Å². The molecule has 3 unspecified atom stereocenters.